The fourth-order valence-corrected chi connectivity index (χ4v) is 1.81. The molecule has 0 aromatic rings. The van der Waals surface area contributed by atoms with Crippen molar-refractivity contribution >= 4 is 0 Å². The van der Waals surface area contributed by atoms with Gasteiger partial charge >= 0.3 is 0 Å². The molecule has 1 saturated heterocycles. The quantitative estimate of drug-likeness (QED) is 0.635. The van der Waals surface area contributed by atoms with Gasteiger partial charge in [0.1, 0.15) is 0 Å². The zero-order chi connectivity index (χ0) is 8.93. The highest BCUT2D eigenvalue weighted by Gasteiger charge is 2.15. The van der Waals surface area contributed by atoms with Crippen molar-refractivity contribution < 1.29 is 0 Å². The fourth-order valence-electron chi connectivity index (χ4n) is 1.81. The van der Waals surface area contributed by atoms with Gasteiger partial charge in [0.2, 0.25) is 0 Å². The van der Waals surface area contributed by atoms with Crippen LogP contribution < -0.4 is 10.6 Å². The van der Waals surface area contributed by atoms with E-state index in [0.717, 1.165) is 6.54 Å². The van der Waals surface area contributed by atoms with Gasteiger partial charge in [0, 0.05) is 17.9 Å². The largest absolute Gasteiger partial charge is 0.364 e. The van der Waals surface area contributed by atoms with Crippen LogP contribution in [-0.2, 0) is 0 Å². The molecular formula is C11H16N2. The summed E-state index contributed by atoms with van der Waals surface area (Å²) in [5, 5.41) is 6.82. The Morgan fingerprint density at radius 3 is 3.00 bits per heavy atom. The van der Waals surface area contributed by atoms with Crippen LogP contribution in [0.3, 0.4) is 0 Å². The molecule has 0 spiro atoms. The SMILES string of the molecule is C1=CC=C(C2CCCCN2)NC=C1. The molecule has 0 aliphatic carbocycles. The number of allylic oxidation sites excluding steroid dienone is 4. The van der Waals surface area contributed by atoms with Crippen LogP contribution in [0.15, 0.2) is 36.2 Å². The van der Waals surface area contributed by atoms with Crippen molar-refractivity contribution in [3.8, 4) is 0 Å². The summed E-state index contributed by atoms with van der Waals surface area (Å²) in [4.78, 5) is 0. The Bertz CT molecular complexity index is 245. The maximum absolute atomic E-state index is 3.52. The Morgan fingerprint density at radius 1 is 1.15 bits per heavy atom. The topological polar surface area (TPSA) is 24.1 Å². The molecule has 2 aliphatic heterocycles. The van der Waals surface area contributed by atoms with E-state index in [-0.39, 0.29) is 0 Å². The Balaban J connectivity index is 2.01. The second kappa shape index (κ2) is 4.28. The highest BCUT2D eigenvalue weighted by molar-refractivity contribution is 5.24. The van der Waals surface area contributed by atoms with Crippen LogP contribution in [-0.4, -0.2) is 12.6 Å². The lowest BCUT2D eigenvalue weighted by molar-refractivity contribution is 0.430. The number of rotatable bonds is 1. The molecule has 0 saturated carbocycles. The third-order valence-electron chi connectivity index (χ3n) is 2.53. The first kappa shape index (κ1) is 8.57. The molecule has 2 heterocycles. The van der Waals surface area contributed by atoms with Gasteiger partial charge in [-0.15, -0.1) is 0 Å². The third-order valence-corrected chi connectivity index (χ3v) is 2.53. The van der Waals surface area contributed by atoms with Gasteiger partial charge in [-0.25, -0.2) is 0 Å². The van der Waals surface area contributed by atoms with E-state index in [1.807, 2.05) is 18.4 Å². The van der Waals surface area contributed by atoms with Crippen LogP contribution in [0.1, 0.15) is 19.3 Å². The average molecular weight is 176 g/mol. The van der Waals surface area contributed by atoms with Crippen molar-refractivity contribution in [2.24, 2.45) is 0 Å². The number of piperidine rings is 1. The van der Waals surface area contributed by atoms with Crippen molar-refractivity contribution in [2.75, 3.05) is 6.54 Å². The summed E-state index contributed by atoms with van der Waals surface area (Å²) < 4.78 is 0. The van der Waals surface area contributed by atoms with Crippen LogP contribution in [0.25, 0.3) is 0 Å². The minimum absolute atomic E-state index is 0.529. The van der Waals surface area contributed by atoms with E-state index in [4.69, 9.17) is 0 Å². The molecule has 0 amide bonds. The van der Waals surface area contributed by atoms with Gasteiger partial charge in [0.05, 0.1) is 0 Å². The van der Waals surface area contributed by atoms with E-state index in [9.17, 15) is 0 Å². The first-order valence-corrected chi connectivity index (χ1v) is 5.00. The second-order valence-corrected chi connectivity index (χ2v) is 3.51. The van der Waals surface area contributed by atoms with E-state index >= 15 is 0 Å². The highest BCUT2D eigenvalue weighted by atomic mass is 15.0. The van der Waals surface area contributed by atoms with Crippen LogP contribution >= 0.6 is 0 Å². The average Bonchev–Trinajstić information content (AvgIpc) is 2.47. The number of hydrogen-bond donors (Lipinski definition) is 2. The van der Waals surface area contributed by atoms with E-state index in [2.05, 4.69) is 22.8 Å². The predicted molar refractivity (Wildman–Crippen MR) is 55.1 cm³/mol. The summed E-state index contributed by atoms with van der Waals surface area (Å²) in [5.41, 5.74) is 1.30. The van der Waals surface area contributed by atoms with Crippen molar-refractivity contribution in [3.05, 3.63) is 36.2 Å². The molecule has 0 bridgehead atoms. The predicted octanol–water partition coefficient (Wildman–Crippen LogP) is 1.69. The lowest BCUT2D eigenvalue weighted by atomic mass is 10.0. The van der Waals surface area contributed by atoms with E-state index < -0.39 is 0 Å². The van der Waals surface area contributed by atoms with Gasteiger partial charge in [-0.1, -0.05) is 18.6 Å². The summed E-state index contributed by atoms with van der Waals surface area (Å²) in [5.74, 6) is 0. The van der Waals surface area contributed by atoms with Gasteiger partial charge in [0.15, 0.2) is 0 Å². The number of nitrogens with one attached hydrogen (secondary N) is 2. The molecule has 0 aromatic carbocycles. The monoisotopic (exact) mass is 176 g/mol. The fraction of sp³-hybridized carbons (Fsp3) is 0.455. The van der Waals surface area contributed by atoms with E-state index in [1.165, 1.54) is 25.0 Å². The van der Waals surface area contributed by atoms with Crippen LogP contribution in [0.2, 0.25) is 0 Å². The van der Waals surface area contributed by atoms with E-state index in [1.54, 1.807) is 0 Å². The molecule has 2 aliphatic rings. The molecule has 13 heavy (non-hydrogen) atoms. The maximum atomic E-state index is 3.52. The molecule has 1 atom stereocenters. The summed E-state index contributed by atoms with van der Waals surface area (Å²) in [6, 6.07) is 0.529. The molecule has 2 rings (SSSR count). The molecule has 1 fully saturated rings. The minimum Gasteiger partial charge on any atom is -0.364 e. The van der Waals surface area contributed by atoms with Crippen LogP contribution in [0, 0.1) is 0 Å². The molecule has 2 N–H and O–H groups in total. The first-order valence-electron chi connectivity index (χ1n) is 5.00. The molecule has 0 aromatic heterocycles. The Morgan fingerprint density at radius 2 is 2.15 bits per heavy atom. The normalized spacial score (nSPS) is 27.7. The third kappa shape index (κ3) is 2.22. The Hall–Kier alpha value is -1.02. The summed E-state index contributed by atoms with van der Waals surface area (Å²) >= 11 is 0. The molecule has 1 unspecified atom stereocenters. The second-order valence-electron chi connectivity index (χ2n) is 3.51. The van der Waals surface area contributed by atoms with Gasteiger partial charge in [0.25, 0.3) is 0 Å². The molecule has 2 heteroatoms. The van der Waals surface area contributed by atoms with Crippen molar-refractivity contribution in [1.29, 1.82) is 0 Å². The van der Waals surface area contributed by atoms with Gasteiger partial charge in [-0.3, -0.25) is 0 Å². The minimum atomic E-state index is 0.529. The van der Waals surface area contributed by atoms with E-state index in [0.29, 0.717) is 6.04 Å². The standard InChI is InChI=1S/C11H16N2/c1-2-6-10(12-8-4-1)11-7-3-5-9-13-11/h1-2,4,6,8,11-13H,3,5,7,9H2. The summed E-state index contributed by atoms with van der Waals surface area (Å²) in [7, 11) is 0. The van der Waals surface area contributed by atoms with Crippen molar-refractivity contribution in [2.45, 2.75) is 25.3 Å². The van der Waals surface area contributed by atoms with Gasteiger partial charge < -0.3 is 10.6 Å². The Labute approximate surface area is 79.4 Å². The Kier molecular flexibility index (Phi) is 2.82. The van der Waals surface area contributed by atoms with Crippen LogP contribution in [0.5, 0.6) is 0 Å². The zero-order valence-corrected chi connectivity index (χ0v) is 7.79. The molecular weight excluding hydrogens is 160 g/mol. The van der Waals surface area contributed by atoms with Crippen molar-refractivity contribution in [3.63, 3.8) is 0 Å². The van der Waals surface area contributed by atoms with Gasteiger partial charge in [-0.05, 0) is 31.5 Å². The zero-order valence-electron chi connectivity index (χ0n) is 7.79. The maximum Gasteiger partial charge on any atom is 0.0472 e. The van der Waals surface area contributed by atoms with Crippen molar-refractivity contribution in [1.82, 2.24) is 10.6 Å². The highest BCUT2D eigenvalue weighted by Crippen LogP contribution is 2.13. The number of hydrogen-bond acceptors (Lipinski definition) is 2. The summed E-state index contributed by atoms with van der Waals surface area (Å²) in [6.45, 7) is 1.15. The smallest absolute Gasteiger partial charge is 0.0472 e. The summed E-state index contributed by atoms with van der Waals surface area (Å²) in [6.07, 6.45) is 14.2. The van der Waals surface area contributed by atoms with Gasteiger partial charge in [-0.2, -0.15) is 0 Å². The molecule has 70 valence electrons. The molecule has 0 radical (unpaired) electrons. The lowest BCUT2D eigenvalue weighted by Crippen LogP contribution is -2.38. The lowest BCUT2D eigenvalue weighted by Gasteiger charge is -2.25. The first-order chi connectivity index (χ1) is 6.47. The van der Waals surface area contributed by atoms with Crippen LogP contribution in [0.4, 0.5) is 0 Å². The molecule has 2 nitrogen and oxygen atoms in total.